The molecule has 7 heteroatoms. The number of rotatable bonds is 3. The number of halogens is 1. The highest BCUT2D eigenvalue weighted by molar-refractivity contribution is 6.39. The Bertz CT molecular complexity index is 890. The SMILES string of the molecule is COc1ccc(/C=C2\C(=O)NC(=O)N(c3ccccc3F)C2=O)cc1. The van der Waals surface area contributed by atoms with Crippen LogP contribution in [0.15, 0.2) is 54.1 Å². The normalized spacial score (nSPS) is 16.2. The molecule has 126 valence electrons. The molecule has 1 heterocycles. The van der Waals surface area contributed by atoms with Crippen molar-refractivity contribution in [2.45, 2.75) is 0 Å². The number of carbonyl (C=O) groups excluding carboxylic acids is 3. The molecule has 0 radical (unpaired) electrons. The lowest BCUT2D eigenvalue weighted by atomic mass is 10.1. The molecule has 0 aliphatic carbocycles. The summed E-state index contributed by atoms with van der Waals surface area (Å²) in [7, 11) is 1.52. The van der Waals surface area contributed by atoms with Gasteiger partial charge in [-0.3, -0.25) is 14.9 Å². The maximum absolute atomic E-state index is 14.0. The van der Waals surface area contributed by atoms with E-state index in [-0.39, 0.29) is 11.3 Å². The van der Waals surface area contributed by atoms with Gasteiger partial charge in [-0.05, 0) is 35.9 Å². The molecular weight excluding hydrogens is 327 g/mol. The molecule has 2 aromatic carbocycles. The van der Waals surface area contributed by atoms with Crippen molar-refractivity contribution in [3.8, 4) is 5.75 Å². The van der Waals surface area contributed by atoms with Crippen molar-refractivity contribution < 1.29 is 23.5 Å². The highest BCUT2D eigenvalue weighted by Crippen LogP contribution is 2.24. The molecule has 1 aliphatic rings. The van der Waals surface area contributed by atoms with Crippen LogP contribution < -0.4 is 15.0 Å². The average molecular weight is 340 g/mol. The van der Waals surface area contributed by atoms with Crippen molar-refractivity contribution in [3.05, 3.63) is 65.5 Å². The number of benzene rings is 2. The maximum Gasteiger partial charge on any atom is 0.336 e. The van der Waals surface area contributed by atoms with Crippen molar-refractivity contribution in [2.75, 3.05) is 12.0 Å². The minimum Gasteiger partial charge on any atom is -0.497 e. The Balaban J connectivity index is 2.00. The molecule has 1 fully saturated rings. The molecule has 1 N–H and O–H groups in total. The molecule has 0 bridgehead atoms. The van der Waals surface area contributed by atoms with E-state index in [2.05, 4.69) is 0 Å². The van der Waals surface area contributed by atoms with Gasteiger partial charge >= 0.3 is 6.03 Å². The van der Waals surface area contributed by atoms with E-state index in [0.717, 1.165) is 6.07 Å². The summed E-state index contributed by atoms with van der Waals surface area (Å²) in [5.74, 6) is -1.86. The summed E-state index contributed by atoms with van der Waals surface area (Å²) in [4.78, 5) is 37.3. The van der Waals surface area contributed by atoms with Gasteiger partial charge < -0.3 is 4.74 Å². The van der Waals surface area contributed by atoms with Crippen LogP contribution in [0, 0.1) is 5.82 Å². The number of urea groups is 1. The van der Waals surface area contributed by atoms with Crippen LogP contribution in [0.25, 0.3) is 6.08 Å². The molecule has 0 saturated carbocycles. The highest BCUT2D eigenvalue weighted by atomic mass is 19.1. The van der Waals surface area contributed by atoms with Gasteiger partial charge in [0.25, 0.3) is 11.8 Å². The molecule has 1 saturated heterocycles. The fraction of sp³-hybridized carbons (Fsp3) is 0.0556. The lowest BCUT2D eigenvalue weighted by Crippen LogP contribution is -2.54. The second-order valence-corrected chi connectivity index (χ2v) is 5.18. The van der Waals surface area contributed by atoms with Crippen LogP contribution in [0.3, 0.4) is 0 Å². The summed E-state index contributed by atoms with van der Waals surface area (Å²) in [5.41, 5.74) is 0.0632. The van der Waals surface area contributed by atoms with E-state index in [4.69, 9.17) is 4.74 Å². The van der Waals surface area contributed by atoms with Gasteiger partial charge in [0.15, 0.2) is 0 Å². The molecule has 6 nitrogen and oxygen atoms in total. The standard InChI is InChI=1S/C18H13FN2O4/c1-25-12-8-6-11(7-9-12)10-13-16(22)20-18(24)21(17(13)23)15-5-3-2-4-14(15)19/h2-10H,1H3,(H,20,22,24)/b13-10+. The van der Waals surface area contributed by atoms with E-state index in [1.54, 1.807) is 24.3 Å². The van der Waals surface area contributed by atoms with Gasteiger partial charge in [0.2, 0.25) is 0 Å². The molecule has 0 atom stereocenters. The Morgan fingerprint density at radius 2 is 1.72 bits per heavy atom. The second-order valence-electron chi connectivity index (χ2n) is 5.18. The van der Waals surface area contributed by atoms with Gasteiger partial charge in [-0.2, -0.15) is 0 Å². The van der Waals surface area contributed by atoms with E-state index < -0.39 is 23.7 Å². The second kappa shape index (κ2) is 6.56. The Morgan fingerprint density at radius 3 is 2.36 bits per heavy atom. The lowest BCUT2D eigenvalue weighted by molar-refractivity contribution is -0.122. The number of methoxy groups -OCH3 is 1. The number of amides is 4. The van der Waals surface area contributed by atoms with Crippen LogP contribution in [0.5, 0.6) is 5.75 Å². The van der Waals surface area contributed by atoms with Gasteiger partial charge in [0, 0.05) is 0 Å². The molecule has 1 aliphatic heterocycles. The summed E-state index contributed by atoms with van der Waals surface area (Å²) >= 11 is 0. The predicted molar refractivity (Wildman–Crippen MR) is 88.4 cm³/mol. The van der Waals surface area contributed by atoms with E-state index >= 15 is 0 Å². The Morgan fingerprint density at radius 1 is 1.04 bits per heavy atom. The van der Waals surface area contributed by atoms with Crippen molar-refractivity contribution in [1.29, 1.82) is 0 Å². The zero-order valence-corrected chi connectivity index (χ0v) is 13.2. The first-order valence-corrected chi connectivity index (χ1v) is 7.31. The highest BCUT2D eigenvalue weighted by Gasteiger charge is 2.37. The zero-order chi connectivity index (χ0) is 18.0. The fourth-order valence-corrected chi connectivity index (χ4v) is 2.38. The smallest absolute Gasteiger partial charge is 0.336 e. The third-order valence-corrected chi connectivity index (χ3v) is 3.62. The fourth-order valence-electron chi connectivity index (χ4n) is 2.38. The molecule has 2 aromatic rings. The summed E-state index contributed by atoms with van der Waals surface area (Å²) in [5, 5.41) is 2.05. The van der Waals surface area contributed by atoms with E-state index in [1.165, 1.54) is 31.4 Å². The van der Waals surface area contributed by atoms with Gasteiger partial charge in [0.05, 0.1) is 12.8 Å². The summed E-state index contributed by atoms with van der Waals surface area (Å²) in [6.07, 6.45) is 1.33. The zero-order valence-electron chi connectivity index (χ0n) is 13.2. The molecular formula is C18H13FN2O4. The number of nitrogens with one attached hydrogen (secondary N) is 1. The largest absolute Gasteiger partial charge is 0.497 e. The molecule has 0 spiro atoms. The monoisotopic (exact) mass is 340 g/mol. The number of nitrogens with zero attached hydrogens (tertiary/aromatic N) is 1. The lowest BCUT2D eigenvalue weighted by Gasteiger charge is -2.26. The number of imide groups is 2. The summed E-state index contributed by atoms with van der Waals surface area (Å²) in [6.45, 7) is 0. The van der Waals surface area contributed by atoms with E-state index in [1.807, 2.05) is 5.32 Å². The number of anilines is 1. The first-order chi connectivity index (χ1) is 12.0. The van der Waals surface area contributed by atoms with Gasteiger partial charge in [-0.25, -0.2) is 14.1 Å². The average Bonchev–Trinajstić information content (AvgIpc) is 2.60. The minimum absolute atomic E-state index is 0.224. The Labute approximate surface area is 142 Å². The summed E-state index contributed by atoms with van der Waals surface area (Å²) < 4.78 is 19.0. The first kappa shape index (κ1) is 16.4. The first-order valence-electron chi connectivity index (χ1n) is 7.31. The number of para-hydroxylation sites is 1. The van der Waals surface area contributed by atoms with Gasteiger partial charge in [-0.15, -0.1) is 0 Å². The van der Waals surface area contributed by atoms with Crippen molar-refractivity contribution in [1.82, 2.24) is 5.32 Å². The molecule has 4 amide bonds. The van der Waals surface area contributed by atoms with Crippen LogP contribution in [-0.2, 0) is 9.59 Å². The number of hydrogen-bond donors (Lipinski definition) is 1. The van der Waals surface area contributed by atoms with Gasteiger partial charge in [0.1, 0.15) is 17.1 Å². The van der Waals surface area contributed by atoms with Crippen molar-refractivity contribution in [3.63, 3.8) is 0 Å². The molecule has 25 heavy (non-hydrogen) atoms. The number of barbiturate groups is 1. The van der Waals surface area contributed by atoms with E-state index in [9.17, 15) is 18.8 Å². The topological polar surface area (TPSA) is 75.7 Å². The predicted octanol–water partition coefficient (Wildman–Crippen LogP) is 2.50. The maximum atomic E-state index is 14.0. The minimum atomic E-state index is -0.994. The Kier molecular flexibility index (Phi) is 4.30. The van der Waals surface area contributed by atoms with Crippen molar-refractivity contribution in [2.24, 2.45) is 0 Å². The third-order valence-electron chi connectivity index (χ3n) is 3.62. The summed E-state index contributed by atoms with van der Waals surface area (Å²) in [6, 6.07) is 11.0. The van der Waals surface area contributed by atoms with Crippen molar-refractivity contribution >= 4 is 29.6 Å². The quantitative estimate of drug-likeness (QED) is 0.688. The number of ether oxygens (including phenoxy) is 1. The van der Waals surface area contributed by atoms with Crippen LogP contribution in [-0.4, -0.2) is 25.0 Å². The van der Waals surface area contributed by atoms with Gasteiger partial charge in [-0.1, -0.05) is 24.3 Å². The van der Waals surface area contributed by atoms with Crippen LogP contribution in [0.4, 0.5) is 14.9 Å². The number of hydrogen-bond acceptors (Lipinski definition) is 4. The Hall–Kier alpha value is -3.48. The third kappa shape index (κ3) is 3.12. The van der Waals surface area contributed by atoms with E-state index in [0.29, 0.717) is 16.2 Å². The van der Waals surface area contributed by atoms with Crippen LogP contribution in [0.1, 0.15) is 5.56 Å². The number of carbonyl (C=O) groups is 3. The van der Waals surface area contributed by atoms with Crippen LogP contribution in [0.2, 0.25) is 0 Å². The molecule has 0 unspecified atom stereocenters. The molecule has 3 rings (SSSR count). The molecule has 0 aromatic heterocycles. The van der Waals surface area contributed by atoms with Crippen LogP contribution >= 0.6 is 0 Å².